The average molecular weight is 324 g/mol. The first-order valence-electron chi connectivity index (χ1n) is 7.84. The summed E-state index contributed by atoms with van der Waals surface area (Å²) >= 11 is 0. The number of carbonyl (C=O) groups is 2. The fourth-order valence-electron chi connectivity index (χ4n) is 2.71. The minimum Gasteiger partial charge on any atom is -0.345 e. The van der Waals surface area contributed by atoms with E-state index in [9.17, 15) is 9.59 Å². The van der Waals surface area contributed by atoms with Gasteiger partial charge >= 0.3 is 0 Å². The van der Waals surface area contributed by atoms with Gasteiger partial charge in [-0.15, -0.1) is 0 Å². The Morgan fingerprint density at radius 2 is 1.83 bits per heavy atom. The van der Waals surface area contributed by atoms with Crippen molar-refractivity contribution in [2.24, 2.45) is 0 Å². The predicted octanol–water partition coefficient (Wildman–Crippen LogP) is 1.64. The first kappa shape index (κ1) is 16.0. The van der Waals surface area contributed by atoms with E-state index in [2.05, 4.69) is 4.98 Å². The van der Waals surface area contributed by atoms with E-state index in [1.165, 1.54) is 4.90 Å². The molecule has 0 radical (unpaired) electrons. The van der Waals surface area contributed by atoms with Gasteiger partial charge in [-0.3, -0.25) is 9.59 Å². The van der Waals surface area contributed by atoms with Gasteiger partial charge in [0, 0.05) is 39.1 Å². The predicted molar refractivity (Wildman–Crippen MR) is 93.3 cm³/mol. The highest BCUT2D eigenvalue weighted by molar-refractivity contribution is 5.97. The van der Waals surface area contributed by atoms with Crippen LogP contribution >= 0.6 is 0 Å². The number of anilines is 2. The second-order valence-corrected chi connectivity index (χ2v) is 5.91. The van der Waals surface area contributed by atoms with E-state index in [1.807, 2.05) is 35.2 Å². The molecule has 24 heavy (non-hydrogen) atoms. The van der Waals surface area contributed by atoms with E-state index >= 15 is 0 Å². The Morgan fingerprint density at radius 3 is 2.42 bits per heavy atom. The first-order valence-corrected chi connectivity index (χ1v) is 7.84. The minimum absolute atomic E-state index is 0.0442. The van der Waals surface area contributed by atoms with Crippen molar-refractivity contribution >= 4 is 23.3 Å². The molecule has 6 heteroatoms. The Kier molecular flexibility index (Phi) is 4.46. The van der Waals surface area contributed by atoms with Crippen LogP contribution in [0.2, 0.25) is 0 Å². The fourth-order valence-corrected chi connectivity index (χ4v) is 2.71. The second kappa shape index (κ2) is 6.70. The number of aromatic nitrogens is 1. The number of nitrogens with zero attached hydrogens (tertiary/aromatic N) is 4. The summed E-state index contributed by atoms with van der Waals surface area (Å²) in [6, 6.07) is 13.2. The summed E-state index contributed by atoms with van der Waals surface area (Å²) in [7, 11) is 3.41. The average Bonchev–Trinajstić information content (AvgIpc) is 2.62. The zero-order valence-corrected chi connectivity index (χ0v) is 13.8. The summed E-state index contributed by atoms with van der Waals surface area (Å²) in [4.78, 5) is 33.9. The molecule has 2 heterocycles. The number of piperazine rings is 1. The summed E-state index contributed by atoms with van der Waals surface area (Å²) in [6.45, 7) is 1.60. The molecule has 0 unspecified atom stereocenters. The van der Waals surface area contributed by atoms with Gasteiger partial charge in [-0.05, 0) is 24.3 Å². The third-order valence-electron chi connectivity index (χ3n) is 4.01. The molecule has 0 spiro atoms. The van der Waals surface area contributed by atoms with Crippen molar-refractivity contribution in [3.63, 3.8) is 0 Å². The standard InChI is InChI=1S/C18H20N4O2/c1-20(2)18(24)14-8-9-16(19-12-14)21-10-11-22(17(23)13-21)15-6-4-3-5-7-15/h3-9,12H,10-11,13H2,1-2H3. The second-order valence-electron chi connectivity index (χ2n) is 5.91. The largest absolute Gasteiger partial charge is 0.345 e. The van der Waals surface area contributed by atoms with Crippen molar-refractivity contribution in [1.29, 1.82) is 0 Å². The van der Waals surface area contributed by atoms with Crippen molar-refractivity contribution < 1.29 is 9.59 Å². The Balaban J connectivity index is 1.70. The van der Waals surface area contributed by atoms with Crippen LogP contribution in [0, 0.1) is 0 Å². The molecule has 2 aromatic rings. The third-order valence-corrected chi connectivity index (χ3v) is 4.01. The molecule has 1 aromatic carbocycles. The van der Waals surface area contributed by atoms with Gasteiger partial charge in [-0.1, -0.05) is 18.2 Å². The van der Waals surface area contributed by atoms with Crippen molar-refractivity contribution in [3.8, 4) is 0 Å². The molecule has 1 fully saturated rings. The summed E-state index contributed by atoms with van der Waals surface area (Å²) in [5, 5.41) is 0. The molecule has 1 aromatic heterocycles. The number of para-hydroxylation sites is 1. The van der Waals surface area contributed by atoms with Crippen LogP contribution in [0.5, 0.6) is 0 Å². The molecule has 0 N–H and O–H groups in total. The molecular weight excluding hydrogens is 304 g/mol. The van der Waals surface area contributed by atoms with Crippen LogP contribution in [0.4, 0.5) is 11.5 Å². The Hall–Kier alpha value is -2.89. The van der Waals surface area contributed by atoms with Gasteiger partial charge in [0.15, 0.2) is 0 Å². The normalized spacial score (nSPS) is 14.7. The lowest BCUT2D eigenvalue weighted by Gasteiger charge is -2.35. The highest BCUT2D eigenvalue weighted by Gasteiger charge is 2.25. The molecule has 124 valence electrons. The maximum absolute atomic E-state index is 12.4. The van der Waals surface area contributed by atoms with Crippen LogP contribution in [0.3, 0.4) is 0 Å². The lowest BCUT2D eigenvalue weighted by atomic mass is 10.2. The van der Waals surface area contributed by atoms with E-state index in [4.69, 9.17) is 0 Å². The topological polar surface area (TPSA) is 56.8 Å². The summed E-state index contributed by atoms with van der Waals surface area (Å²) in [6.07, 6.45) is 1.56. The number of rotatable bonds is 3. The molecule has 0 saturated carbocycles. The molecule has 0 aliphatic carbocycles. The lowest BCUT2D eigenvalue weighted by molar-refractivity contribution is -0.117. The van der Waals surface area contributed by atoms with Gasteiger partial charge in [0.05, 0.1) is 12.1 Å². The van der Waals surface area contributed by atoms with Crippen molar-refractivity contribution in [2.45, 2.75) is 0 Å². The summed E-state index contributed by atoms with van der Waals surface area (Å²) in [5.74, 6) is 0.674. The SMILES string of the molecule is CN(C)C(=O)c1ccc(N2CCN(c3ccccc3)C(=O)C2)nc1. The number of carbonyl (C=O) groups excluding carboxylic acids is 2. The molecule has 3 rings (SSSR count). The zero-order valence-electron chi connectivity index (χ0n) is 13.8. The van der Waals surface area contributed by atoms with Gasteiger partial charge in [0.25, 0.3) is 5.91 Å². The number of pyridine rings is 1. The molecule has 1 saturated heterocycles. The Labute approximate surface area is 141 Å². The van der Waals surface area contributed by atoms with E-state index in [0.29, 0.717) is 24.5 Å². The maximum Gasteiger partial charge on any atom is 0.254 e. The lowest BCUT2D eigenvalue weighted by Crippen LogP contribution is -2.50. The van der Waals surface area contributed by atoms with Crippen LogP contribution in [0.25, 0.3) is 0 Å². The van der Waals surface area contributed by atoms with E-state index in [1.54, 1.807) is 37.3 Å². The van der Waals surface area contributed by atoms with Gasteiger partial charge in [-0.25, -0.2) is 4.98 Å². The van der Waals surface area contributed by atoms with Gasteiger partial charge < -0.3 is 14.7 Å². The van der Waals surface area contributed by atoms with Crippen LogP contribution < -0.4 is 9.80 Å². The molecule has 1 aliphatic rings. The Morgan fingerprint density at radius 1 is 1.08 bits per heavy atom. The zero-order chi connectivity index (χ0) is 17.1. The third kappa shape index (κ3) is 3.22. The number of hydrogen-bond donors (Lipinski definition) is 0. The minimum atomic E-state index is -0.0842. The van der Waals surface area contributed by atoms with Crippen LogP contribution in [0.1, 0.15) is 10.4 Å². The van der Waals surface area contributed by atoms with Crippen LogP contribution in [0.15, 0.2) is 48.7 Å². The van der Waals surface area contributed by atoms with Crippen molar-refractivity contribution in [3.05, 3.63) is 54.2 Å². The van der Waals surface area contributed by atoms with E-state index in [0.717, 1.165) is 5.69 Å². The van der Waals surface area contributed by atoms with E-state index in [-0.39, 0.29) is 18.4 Å². The Bertz CT molecular complexity index is 728. The van der Waals surface area contributed by atoms with E-state index < -0.39 is 0 Å². The number of benzene rings is 1. The molecule has 0 atom stereocenters. The first-order chi connectivity index (χ1) is 11.6. The van der Waals surface area contributed by atoms with Crippen LogP contribution in [-0.4, -0.2) is 55.4 Å². The van der Waals surface area contributed by atoms with Gasteiger partial charge in [-0.2, -0.15) is 0 Å². The highest BCUT2D eigenvalue weighted by atomic mass is 16.2. The highest BCUT2D eigenvalue weighted by Crippen LogP contribution is 2.20. The van der Waals surface area contributed by atoms with Crippen LogP contribution in [-0.2, 0) is 4.79 Å². The molecule has 0 bridgehead atoms. The van der Waals surface area contributed by atoms with Gasteiger partial charge in [0.1, 0.15) is 5.82 Å². The molecule has 1 aliphatic heterocycles. The fraction of sp³-hybridized carbons (Fsp3) is 0.278. The number of hydrogen-bond acceptors (Lipinski definition) is 4. The quantitative estimate of drug-likeness (QED) is 0.861. The molecular formula is C18H20N4O2. The van der Waals surface area contributed by atoms with Crippen molar-refractivity contribution in [2.75, 3.05) is 43.5 Å². The monoisotopic (exact) mass is 324 g/mol. The summed E-state index contributed by atoms with van der Waals surface area (Å²) < 4.78 is 0. The van der Waals surface area contributed by atoms with Crippen molar-refractivity contribution in [1.82, 2.24) is 9.88 Å². The number of amides is 2. The smallest absolute Gasteiger partial charge is 0.254 e. The van der Waals surface area contributed by atoms with Gasteiger partial charge in [0.2, 0.25) is 5.91 Å². The summed E-state index contributed by atoms with van der Waals surface area (Å²) in [5.41, 5.74) is 1.46. The maximum atomic E-state index is 12.4. The molecule has 2 amide bonds. The molecule has 6 nitrogen and oxygen atoms in total.